The van der Waals surface area contributed by atoms with Crippen molar-refractivity contribution in [3.8, 4) is 0 Å². The molecule has 3 nitrogen and oxygen atoms in total. The average Bonchev–Trinajstić information content (AvgIpc) is 2.17. The number of fused-ring (bicyclic) bond motifs is 1. The van der Waals surface area contributed by atoms with E-state index in [-0.39, 0.29) is 5.69 Å². The smallest absolute Gasteiger partial charge is 0.255 e. The summed E-state index contributed by atoms with van der Waals surface area (Å²) in [7, 11) is 0. The molecule has 0 aliphatic heterocycles. The van der Waals surface area contributed by atoms with E-state index in [2.05, 4.69) is 9.97 Å². The van der Waals surface area contributed by atoms with Crippen LogP contribution in [0.2, 0.25) is 0 Å². The maximum atomic E-state index is 10.4. The minimum atomic E-state index is 0.271. The summed E-state index contributed by atoms with van der Waals surface area (Å²) in [6.45, 7) is 0. The van der Waals surface area contributed by atoms with E-state index in [9.17, 15) is 4.79 Å². The van der Waals surface area contributed by atoms with E-state index < -0.39 is 0 Å². The molecule has 3 heteroatoms. The lowest BCUT2D eigenvalue weighted by atomic mass is 10.2. The lowest BCUT2D eigenvalue weighted by Gasteiger charge is -1.95. The standard InChI is InChI=1S/C9H5N2O/c12-6-8-9-7(3-5-10-8)2-1-4-11-9/h1-5H. The first-order valence-electron chi connectivity index (χ1n) is 3.50. The summed E-state index contributed by atoms with van der Waals surface area (Å²) in [6, 6.07) is 5.50. The SMILES string of the molecule is O=[C]c1nccc2cccnc12. The van der Waals surface area contributed by atoms with Crippen LogP contribution < -0.4 is 0 Å². The third-order valence-corrected chi connectivity index (χ3v) is 1.62. The Kier molecular flexibility index (Phi) is 1.55. The van der Waals surface area contributed by atoms with Crippen LogP contribution in [0.1, 0.15) is 5.69 Å². The van der Waals surface area contributed by atoms with Gasteiger partial charge in [-0.25, -0.2) is 0 Å². The van der Waals surface area contributed by atoms with Crippen molar-refractivity contribution in [3.63, 3.8) is 0 Å². The van der Waals surface area contributed by atoms with Crippen LogP contribution in [0.3, 0.4) is 0 Å². The van der Waals surface area contributed by atoms with Crippen molar-refractivity contribution in [3.05, 3.63) is 36.3 Å². The summed E-state index contributed by atoms with van der Waals surface area (Å²) in [5.41, 5.74) is 0.878. The molecule has 0 amide bonds. The molecule has 57 valence electrons. The zero-order valence-corrected chi connectivity index (χ0v) is 6.19. The number of carbonyl (C=O) groups excluding carboxylic acids is 1. The molecule has 1 radical (unpaired) electrons. The summed E-state index contributed by atoms with van der Waals surface area (Å²) in [6.07, 6.45) is 4.95. The Morgan fingerprint density at radius 2 is 2.08 bits per heavy atom. The van der Waals surface area contributed by atoms with Crippen molar-refractivity contribution in [2.75, 3.05) is 0 Å². The van der Waals surface area contributed by atoms with Crippen LogP contribution in [-0.2, 0) is 4.79 Å². The molecule has 2 aromatic rings. The van der Waals surface area contributed by atoms with Crippen molar-refractivity contribution < 1.29 is 4.79 Å². The second-order valence-corrected chi connectivity index (χ2v) is 2.34. The van der Waals surface area contributed by atoms with Crippen LogP contribution in [0.15, 0.2) is 30.6 Å². The maximum Gasteiger partial charge on any atom is 0.255 e. The van der Waals surface area contributed by atoms with Crippen LogP contribution in [0.5, 0.6) is 0 Å². The lowest BCUT2D eigenvalue weighted by molar-refractivity contribution is 0.562. The molecule has 2 heterocycles. The molecule has 0 unspecified atom stereocenters. The minimum absolute atomic E-state index is 0.271. The van der Waals surface area contributed by atoms with Gasteiger partial charge in [0, 0.05) is 17.8 Å². The van der Waals surface area contributed by atoms with Gasteiger partial charge < -0.3 is 0 Å². The van der Waals surface area contributed by atoms with Crippen LogP contribution in [-0.4, -0.2) is 16.3 Å². The van der Waals surface area contributed by atoms with E-state index in [1.54, 1.807) is 18.7 Å². The molecule has 0 N–H and O–H groups in total. The fourth-order valence-electron chi connectivity index (χ4n) is 1.08. The lowest BCUT2D eigenvalue weighted by Crippen LogP contribution is -1.90. The van der Waals surface area contributed by atoms with Gasteiger partial charge in [-0.3, -0.25) is 14.8 Å². The molecular weight excluding hydrogens is 152 g/mol. The van der Waals surface area contributed by atoms with Crippen LogP contribution in [0, 0.1) is 0 Å². The fourth-order valence-corrected chi connectivity index (χ4v) is 1.08. The van der Waals surface area contributed by atoms with Gasteiger partial charge >= 0.3 is 0 Å². The highest BCUT2D eigenvalue weighted by Gasteiger charge is 2.00. The highest BCUT2D eigenvalue weighted by molar-refractivity contribution is 5.93. The maximum absolute atomic E-state index is 10.4. The van der Waals surface area contributed by atoms with Gasteiger partial charge in [0.25, 0.3) is 6.29 Å². The van der Waals surface area contributed by atoms with E-state index in [0.717, 1.165) is 5.39 Å². The summed E-state index contributed by atoms with van der Waals surface area (Å²) < 4.78 is 0. The van der Waals surface area contributed by atoms with Crippen molar-refractivity contribution in [2.45, 2.75) is 0 Å². The number of hydrogen-bond donors (Lipinski definition) is 0. The van der Waals surface area contributed by atoms with Gasteiger partial charge in [0.05, 0.1) is 0 Å². The molecule has 0 bridgehead atoms. The summed E-state index contributed by atoms with van der Waals surface area (Å²) in [5, 5.41) is 0.908. The van der Waals surface area contributed by atoms with Crippen LogP contribution in [0.4, 0.5) is 0 Å². The Hall–Kier alpha value is -1.77. The van der Waals surface area contributed by atoms with Gasteiger partial charge in [-0.2, -0.15) is 0 Å². The van der Waals surface area contributed by atoms with Crippen molar-refractivity contribution in [1.29, 1.82) is 0 Å². The van der Waals surface area contributed by atoms with E-state index in [1.807, 2.05) is 18.2 Å². The van der Waals surface area contributed by atoms with E-state index in [1.165, 1.54) is 0 Å². The summed E-state index contributed by atoms with van der Waals surface area (Å²) >= 11 is 0. The second kappa shape index (κ2) is 2.70. The molecular formula is C9H5N2O. The van der Waals surface area contributed by atoms with Crippen LogP contribution >= 0.6 is 0 Å². The largest absolute Gasteiger partial charge is 0.283 e. The molecule has 0 saturated heterocycles. The number of aromatic nitrogens is 2. The predicted molar refractivity (Wildman–Crippen MR) is 44.3 cm³/mol. The van der Waals surface area contributed by atoms with Gasteiger partial charge in [0.1, 0.15) is 11.2 Å². The number of hydrogen-bond acceptors (Lipinski definition) is 3. The van der Waals surface area contributed by atoms with Crippen molar-refractivity contribution in [2.24, 2.45) is 0 Å². The molecule has 0 aliphatic rings. The third kappa shape index (κ3) is 0.955. The molecule has 0 atom stereocenters. The average molecular weight is 157 g/mol. The Labute approximate surface area is 69.1 Å². The van der Waals surface area contributed by atoms with Gasteiger partial charge in [-0.15, -0.1) is 0 Å². The van der Waals surface area contributed by atoms with Gasteiger partial charge in [-0.05, 0) is 12.1 Å². The Balaban J connectivity index is 2.88. The number of nitrogens with zero attached hydrogens (tertiary/aromatic N) is 2. The molecule has 0 aromatic carbocycles. The quantitative estimate of drug-likeness (QED) is 0.622. The topological polar surface area (TPSA) is 42.9 Å². The van der Waals surface area contributed by atoms with Crippen LogP contribution in [0.25, 0.3) is 10.9 Å². The van der Waals surface area contributed by atoms with Gasteiger partial charge in [-0.1, -0.05) is 6.07 Å². The normalized spacial score (nSPS) is 10.0. The molecule has 0 aliphatic carbocycles. The summed E-state index contributed by atoms with van der Waals surface area (Å²) in [4.78, 5) is 18.3. The molecule has 0 saturated carbocycles. The zero-order chi connectivity index (χ0) is 8.39. The Morgan fingerprint density at radius 3 is 2.92 bits per heavy atom. The Bertz CT molecular complexity index is 420. The summed E-state index contributed by atoms with van der Waals surface area (Å²) in [5.74, 6) is 0. The van der Waals surface area contributed by atoms with E-state index in [4.69, 9.17) is 0 Å². The first-order chi connectivity index (χ1) is 5.92. The number of rotatable bonds is 1. The highest BCUT2D eigenvalue weighted by Crippen LogP contribution is 2.10. The Morgan fingerprint density at radius 1 is 1.17 bits per heavy atom. The highest BCUT2D eigenvalue weighted by atomic mass is 16.1. The third-order valence-electron chi connectivity index (χ3n) is 1.62. The monoisotopic (exact) mass is 157 g/mol. The number of pyridine rings is 2. The second-order valence-electron chi connectivity index (χ2n) is 2.34. The van der Waals surface area contributed by atoms with Crippen molar-refractivity contribution >= 4 is 17.2 Å². The fraction of sp³-hybridized carbons (Fsp3) is 0. The first-order valence-corrected chi connectivity index (χ1v) is 3.50. The minimum Gasteiger partial charge on any atom is -0.283 e. The van der Waals surface area contributed by atoms with E-state index >= 15 is 0 Å². The molecule has 12 heavy (non-hydrogen) atoms. The predicted octanol–water partition coefficient (Wildman–Crippen LogP) is 1.09. The molecule has 0 fully saturated rings. The van der Waals surface area contributed by atoms with Gasteiger partial charge in [0.15, 0.2) is 0 Å². The molecule has 2 rings (SSSR count). The molecule has 2 aromatic heterocycles. The van der Waals surface area contributed by atoms with Gasteiger partial charge in [0.2, 0.25) is 0 Å². The zero-order valence-electron chi connectivity index (χ0n) is 6.19. The first kappa shape index (κ1) is 6.91. The van der Waals surface area contributed by atoms with E-state index in [0.29, 0.717) is 5.52 Å². The van der Waals surface area contributed by atoms with Crippen molar-refractivity contribution in [1.82, 2.24) is 9.97 Å². The molecule has 0 spiro atoms.